The van der Waals surface area contributed by atoms with Crippen LogP contribution in [0.15, 0.2) is 73.8 Å². The number of carbonyl (C=O) groups is 1. The summed E-state index contributed by atoms with van der Waals surface area (Å²) in [5.41, 5.74) is 0.800. The van der Waals surface area contributed by atoms with Gasteiger partial charge >= 0.3 is 6.18 Å². The number of anilines is 1. The fraction of sp³-hybridized carbons (Fsp3) is 0.0435. The Kier molecular flexibility index (Phi) is 5.42. The molecule has 0 radical (unpaired) electrons. The smallest absolute Gasteiger partial charge is 0.322 e. The van der Waals surface area contributed by atoms with Crippen molar-refractivity contribution < 1.29 is 18.0 Å². The number of hydrogen-bond acceptors (Lipinski definition) is 6. The summed E-state index contributed by atoms with van der Waals surface area (Å²) >= 11 is 0. The minimum absolute atomic E-state index is 0.0661. The first-order chi connectivity index (χ1) is 16.9. The molecule has 1 N–H and O–H groups in total. The van der Waals surface area contributed by atoms with Gasteiger partial charge in [0, 0.05) is 29.8 Å². The third kappa shape index (κ3) is 4.69. The molecule has 0 bridgehead atoms. The standard InChI is InChI=1S/C23H13F3N8O/c24-23(25,26)17-7-18(9-20(8-17)33-14-28-13-31-33)32-22(35)16-6-15(10-27-11-16)3-4-19-12-29-21-2-1-5-30-34(19)21/h1-2,5-14H,(H,32,35). The molecular weight excluding hydrogens is 461 g/mol. The van der Waals surface area contributed by atoms with Crippen molar-refractivity contribution in [3.05, 3.63) is 96.2 Å². The third-order valence-electron chi connectivity index (χ3n) is 4.80. The molecule has 5 rings (SSSR count). The Labute approximate surface area is 195 Å². The van der Waals surface area contributed by atoms with Gasteiger partial charge in [-0.1, -0.05) is 5.92 Å². The summed E-state index contributed by atoms with van der Waals surface area (Å²) in [5, 5.41) is 10.5. The minimum atomic E-state index is -4.63. The van der Waals surface area contributed by atoms with Crippen LogP contribution in [0.3, 0.4) is 0 Å². The zero-order valence-electron chi connectivity index (χ0n) is 17.6. The van der Waals surface area contributed by atoms with Crippen LogP contribution in [0.5, 0.6) is 0 Å². The Balaban J connectivity index is 1.41. The van der Waals surface area contributed by atoms with Gasteiger partial charge in [-0.3, -0.25) is 9.78 Å². The second kappa shape index (κ2) is 8.71. The van der Waals surface area contributed by atoms with Crippen LogP contribution in [0.25, 0.3) is 11.3 Å². The zero-order chi connectivity index (χ0) is 24.4. The van der Waals surface area contributed by atoms with Gasteiger partial charge in [0.25, 0.3) is 5.91 Å². The molecule has 4 heterocycles. The maximum atomic E-state index is 13.4. The van der Waals surface area contributed by atoms with Crippen LogP contribution in [0, 0.1) is 11.8 Å². The van der Waals surface area contributed by atoms with Crippen molar-refractivity contribution in [2.45, 2.75) is 6.18 Å². The van der Waals surface area contributed by atoms with Gasteiger partial charge in [0.15, 0.2) is 5.65 Å². The fourth-order valence-electron chi connectivity index (χ4n) is 3.21. The van der Waals surface area contributed by atoms with Gasteiger partial charge in [0.1, 0.15) is 18.3 Å². The van der Waals surface area contributed by atoms with Crippen LogP contribution < -0.4 is 5.32 Å². The predicted molar refractivity (Wildman–Crippen MR) is 118 cm³/mol. The molecule has 0 saturated heterocycles. The molecule has 5 aromatic rings. The van der Waals surface area contributed by atoms with E-state index < -0.39 is 17.6 Å². The van der Waals surface area contributed by atoms with E-state index in [2.05, 4.69) is 42.3 Å². The van der Waals surface area contributed by atoms with E-state index in [0.717, 1.165) is 16.8 Å². The number of nitrogens with zero attached hydrogens (tertiary/aromatic N) is 7. The first-order valence-corrected chi connectivity index (χ1v) is 10.0. The molecule has 35 heavy (non-hydrogen) atoms. The molecule has 0 spiro atoms. The highest BCUT2D eigenvalue weighted by Crippen LogP contribution is 2.33. The van der Waals surface area contributed by atoms with Crippen molar-refractivity contribution in [1.82, 2.24) is 34.3 Å². The highest BCUT2D eigenvalue weighted by Gasteiger charge is 2.31. The first kappa shape index (κ1) is 21.8. The summed E-state index contributed by atoms with van der Waals surface area (Å²) in [6, 6.07) is 8.14. The van der Waals surface area contributed by atoms with Crippen molar-refractivity contribution in [3.8, 4) is 17.5 Å². The monoisotopic (exact) mass is 474 g/mol. The third-order valence-corrected chi connectivity index (χ3v) is 4.80. The molecule has 12 heteroatoms. The number of rotatable bonds is 3. The average Bonchev–Trinajstić information content (AvgIpc) is 3.53. The summed E-state index contributed by atoms with van der Waals surface area (Å²) in [4.78, 5) is 24.8. The first-order valence-electron chi connectivity index (χ1n) is 10.0. The topological polar surface area (TPSA) is 103 Å². The van der Waals surface area contributed by atoms with Gasteiger partial charge in [0.05, 0.1) is 23.0 Å². The SMILES string of the molecule is O=C(Nc1cc(-n2cncn2)cc(C(F)(F)F)c1)c1cncc(C#Cc2cnc3cccnn23)c1. The Morgan fingerprint density at radius 3 is 2.69 bits per heavy atom. The summed E-state index contributed by atoms with van der Waals surface area (Å²) in [6.45, 7) is 0. The fourth-order valence-corrected chi connectivity index (χ4v) is 3.21. The van der Waals surface area contributed by atoms with E-state index in [1.807, 2.05) is 0 Å². The van der Waals surface area contributed by atoms with Gasteiger partial charge in [-0.15, -0.1) is 0 Å². The number of pyridine rings is 1. The number of nitrogens with one attached hydrogen (secondary N) is 1. The molecule has 0 aliphatic rings. The van der Waals surface area contributed by atoms with E-state index >= 15 is 0 Å². The van der Waals surface area contributed by atoms with Crippen molar-refractivity contribution in [2.24, 2.45) is 0 Å². The van der Waals surface area contributed by atoms with Gasteiger partial charge in [-0.05, 0) is 42.3 Å². The lowest BCUT2D eigenvalue weighted by Crippen LogP contribution is -2.14. The average molecular weight is 474 g/mol. The summed E-state index contributed by atoms with van der Waals surface area (Å²) in [7, 11) is 0. The van der Waals surface area contributed by atoms with E-state index in [9.17, 15) is 18.0 Å². The van der Waals surface area contributed by atoms with E-state index in [4.69, 9.17) is 0 Å². The molecule has 0 aliphatic heterocycles. The van der Waals surface area contributed by atoms with Crippen LogP contribution in [0.1, 0.15) is 27.2 Å². The van der Waals surface area contributed by atoms with Crippen molar-refractivity contribution >= 4 is 17.2 Å². The second-order valence-electron chi connectivity index (χ2n) is 7.21. The number of halogens is 3. The number of amides is 1. The molecule has 0 saturated carbocycles. The summed E-state index contributed by atoms with van der Waals surface area (Å²) < 4.78 is 43.0. The number of aromatic nitrogens is 7. The molecule has 9 nitrogen and oxygen atoms in total. The Morgan fingerprint density at radius 2 is 1.89 bits per heavy atom. The Hall–Kier alpha value is -5.05. The number of hydrogen-bond donors (Lipinski definition) is 1. The van der Waals surface area contributed by atoms with Crippen LogP contribution in [0.2, 0.25) is 0 Å². The lowest BCUT2D eigenvalue weighted by molar-refractivity contribution is -0.137. The molecule has 4 aromatic heterocycles. The number of alkyl halides is 3. The number of carbonyl (C=O) groups excluding carboxylic acids is 1. The molecule has 0 unspecified atom stereocenters. The Morgan fingerprint density at radius 1 is 1.00 bits per heavy atom. The van der Waals surface area contributed by atoms with E-state index in [0.29, 0.717) is 16.9 Å². The normalized spacial score (nSPS) is 11.2. The second-order valence-corrected chi connectivity index (χ2v) is 7.21. The van der Waals surface area contributed by atoms with Gasteiger partial charge in [-0.2, -0.15) is 23.4 Å². The summed E-state index contributed by atoms with van der Waals surface area (Å²) in [6.07, 6.45) is 3.76. The number of benzene rings is 1. The molecule has 0 aliphatic carbocycles. The summed E-state index contributed by atoms with van der Waals surface area (Å²) in [5.74, 6) is 5.17. The maximum Gasteiger partial charge on any atom is 0.416 e. The van der Waals surface area contributed by atoms with Gasteiger partial charge in [-0.25, -0.2) is 19.2 Å². The molecule has 1 amide bonds. The molecule has 1 aromatic carbocycles. The minimum Gasteiger partial charge on any atom is -0.322 e. The van der Waals surface area contributed by atoms with Crippen molar-refractivity contribution in [2.75, 3.05) is 5.32 Å². The van der Waals surface area contributed by atoms with E-state index in [-0.39, 0.29) is 16.9 Å². The number of imidazole rings is 1. The molecule has 0 fully saturated rings. The number of fused-ring (bicyclic) bond motifs is 1. The maximum absolute atomic E-state index is 13.4. The predicted octanol–water partition coefficient (Wildman–Crippen LogP) is 3.38. The molecular formula is C23H13F3N8O. The molecule has 172 valence electrons. The van der Waals surface area contributed by atoms with Crippen molar-refractivity contribution in [3.63, 3.8) is 0 Å². The van der Waals surface area contributed by atoms with E-state index in [1.54, 1.807) is 29.0 Å². The van der Waals surface area contributed by atoms with Crippen LogP contribution >= 0.6 is 0 Å². The van der Waals surface area contributed by atoms with Gasteiger partial charge < -0.3 is 5.32 Å². The molecule has 0 atom stereocenters. The zero-order valence-corrected chi connectivity index (χ0v) is 17.6. The lowest BCUT2D eigenvalue weighted by atomic mass is 10.1. The highest BCUT2D eigenvalue weighted by molar-refractivity contribution is 6.04. The van der Waals surface area contributed by atoms with Crippen molar-refractivity contribution in [1.29, 1.82) is 0 Å². The highest BCUT2D eigenvalue weighted by atomic mass is 19.4. The largest absolute Gasteiger partial charge is 0.416 e. The Bertz CT molecular complexity index is 1600. The lowest BCUT2D eigenvalue weighted by Gasteiger charge is -2.13. The van der Waals surface area contributed by atoms with Crippen LogP contribution in [-0.2, 0) is 6.18 Å². The van der Waals surface area contributed by atoms with Crippen LogP contribution in [0.4, 0.5) is 18.9 Å². The van der Waals surface area contributed by atoms with E-state index in [1.165, 1.54) is 37.2 Å². The van der Waals surface area contributed by atoms with Gasteiger partial charge in [0.2, 0.25) is 0 Å². The quantitative estimate of drug-likeness (QED) is 0.402. The van der Waals surface area contributed by atoms with Crippen LogP contribution in [-0.4, -0.2) is 40.3 Å².